The van der Waals surface area contributed by atoms with Crippen molar-refractivity contribution in [3.05, 3.63) is 210 Å². The Labute approximate surface area is 306 Å². The first-order chi connectivity index (χ1) is 26.3. The second kappa shape index (κ2) is 10.6. The van der Waals surface area contributed by atoms with Crippen molar-refractivity contribution in [3.8, 4) is 22.3 Å². The first-order valence-electron chi connectivity index (χ1n) is 18.3. The van der Waals surface area contributed by atoms with Gasteiger partial charge in [0.05, 0.1) is 11.1 Å². The van der Waals surface area contributed by atoms with Crippen LogP contribution < -0.4 is 4.90 Å². The van der Waals surface area contributed by atoms with E-state index in [0.717, 1.165) is 39.0 Å². The van der Waals surface area contributed by atoms with Gasteiger partial charge in [0, 0.05) is 27.5 Å². The molecule has 1 spiro atoms. The van der Waals surface area contributed by atoms with E-state index in [-0.39, 0.29) is 0 Å². The van der Waals surface area contributed by atoms with Crippen LogP contribution in [0, 0.1) is 0 Å². The van der Waals surface area contributed by atoms with E-state index in [1.54, 1.807) is 0 Å². The van der Waals surface area contributed by atoms with E-state index in [1.807, 2.05) is 6.07 Å². The number of fused-ring (bicyclic) bond motifs is 16. The van der Waals surface area contributed by atoms with Gasteiger partial charge in [-0.3, -0.25) is 0 Å². The predicted octanol–water partition coefficient (Wildman–Crippen LogP) is 13.7. The summed E-state index contributed by atoms with van der Waals surface area (Å²) in [6.45, 7) is 0. The lowest BCUT2D eigenvalue weighted by molar-refractivity contribution is 0.669. The molecule has 9 aromatic carbocycles. The van der Waals surface area contributed by atoms with Crippen LogP contribution in [0.15, 0.2) is 192 Å². The molecule has 2 heteroatoms. The van der Waals surface area contributed by atoms with Crippen molar-refractivity contribution >= 4 is 60.5 Å². The summed E-state index contributed by atoms with van der Waals surface area (Å²) in [7, 11) is 0. The van der Waals surface area contributed by atoms with Crippen molar-refractivity contribution in [1.29, 1.82) is 0 Å². The molecule has 0 aliphatic heterocycles. The molecule has 2 aliphatic carbocycles. The minimum absolute atomic E-state index is 0.492. The number of anilines is 3. The Balaban J connectivity index is 1.24. The molecule has 0 saturated heterocycles. The van der Waals surface area contributed by atoms with E-state index >= 15 is 0 Å². The molecular weight excluding hydrogens is 643 g/mol. The number of nitrogens with zero attached hydrogens (tertiary/aromatic N) is 1. The monoisotopic (exact) mass is 673 g/mol. The summed E-state index contributed by atoms with van der Waals surface area (Å²) < 4.78 is 6.31. The fraction of sp³-hybridized carbons (Fsp3) is 0.0196. The lowest BCUT2D eigenvalue weighted by Crippen LogP contribution is -2.26. The molecule has 0 N–H and O–H groups in total. The Morgan fingerprint density at radius 1 is 0.358 bits per heavy atom. The molecule has 2 nitrogen and oxygen atoms in total. The van der Waals surface area contributed by atoms with Crippen LogP contribution in [0.3, 0.4) is 0 Å². The van der Waals surface area contributed by atoms with E-state index in [4.69, 9.17) is 4.42 Å². The van der Waals surface area contributed by atoms with Crippen molar-refractivity contribution in [2.75, 3.05) is 4.90 Å². The number of hydrogen-bond donors (Lipinski definition) is 0. The molecule has 0 saturated carbocycles. The normalized spacial score (nSPS) is 13.4. The van der Waals surface area contributed by atoms with Crippen molar-refractivity contribution < 1.29 is 4.42 Å². The minimum atomic E-state index is -0.492. The first kappa shape index (κ1) is 28.8. The zero-order valence-corrected chi connectivity index (χ0v) is 28.8. The third-order valence-electron chi connectivity index (χ3n) is 11.8. The molecular formula is C51H31NO. The molecule has 10 aromatic rings. The van der Waals surface area contributed by atoms with E-state index < -0.39 is 5.41 Å². The van der Waals surface area contributed by atoms with Crippen molar-refractivity contribution in [2.45, 2.75) is 5.41 Å². The van der Waals surface area contributed by atoms with Gasteiger partial charge in [0.2, 0.25) is 0 Å². The molecule has 0 bridgehead atoms. The zero-order chi connectivity index (χ0) is 34.7. The van der Waals surface area contributed by atoms with Gasteiger partial charge in [0.15, 0.2) is 0 Å². The molecule has 0 radical (unpaired) electrons. The SMILES string of the molecule is c1ccc(N(c2ccc3oc4ccccc4c3c2)c2cc3c(c4ccccc24)-c2cc4ccccc4cc2C32c3ccccc3-c3ccccc32)cc1. The number of para-hydroxylation sites is 2. The van der Waals surface area contributed by atoms with E-state index in [1.165, 1.54) is 66.1 Å². The van der Waals surface area contributed by atoms with Crippen LogP contribution in [-0.4, -0.2) is 0 Å². The van der Waals surface area contributed by atoms with Gasteiger partial charge >= 0.3 is 0 Å². The topological polar surface area (TPSA) is 16.4 Å². The summed E-state index contributed by atoms with van der Waals surface area (Å²) in [5.41, 5.74) is 15.2. The quantitative estimate of drug-likeness (QED) is 0.186. The largest absolute Gasteiger partial charge is 0.456 e. The summed E-state index contributed by atoms with van der Waals surface area (Å²) in [4.78, 5) is 2.45. The lowest BCUT2D eigenvalue weighted by atomic mass is 9.70. The van der Waals surface area contributed by atoms with Crippen molar-refractivity contribution in [2.24, 2.45) is 0 Å². The van der Waals surface area contributed by atoms with Crippen LogP contribution in [0.25, 0.3) is 65.7 Å². The highest BCUT2D eigenvalue weighted by molar-refractivity contribution is 6.14. The van der Waals surface area contributed by atoms with Gasteiger partial charge in [0.1, 0.15) is 11.2 Å². The summed E-state index contributed by atoms with van der Waals surface area (Å²) in [5, 5.41) is 7.22. The first-order valence-corrected chi connectivity index (χ1v) is 18.3. The molecule has 2 aliphatic rings. The molecule has 1 aromatic heterocycles. The molecule has 246 valence electrons. The maximum atomic E-state index is 6.31. The minimum Gasteiger partial charge on any atom is -0.456 e. The van der Waals surface area contributed by atoms with Crippen LogP contribution in [-0.2, 0) is 5.41 Å². The predicted molar refractivity (Wildman–Crippen MR) is 220 cm³/mol. The second-order valence-corrected chi connectivity index (χ2v) is 14.4. The average Bonchev–Trinajstić information content (AvgIpc) is 3.84. The third-order valence-corrected chi connectivity index (χ3v) is 11.8. The van der Waals surface area contributed by atoms with Gasteiger partial charge in [-0.25, -0.2) is 0 Å². The van der Waals surface area contributed by atoms with Gasteiger partial charge in [-0.05, 0) is 115 Å². The van der Waals surface area contributed by atoms with E-state index in [9.17, 15) is 0 Å². The Morgan fingerprint density at radius 3 is 1.74 bits per heavy atom. The Bertz CT molecular complexity index is 3090. The third kappa shape index (κ3) is 3.77. The maximum absolute atomic E-state index is 6.31. The molecule has 53 heavy (non-hydrogen) atoms. The van der Waals surface area contributed by atoms with Crippen LogP contribution in [0.2, 0.25) is 0 Å². The zero-order valence-electron chi connectivity index (χ0n) is 28.8. The fourth-order valence-electron chi connectivity index (χ4n) is 9.70. The van der Waals surface area contributed by atoms with Crippen LogP contribution in [0.5, 0.6) is 0 Å². The average molecular weight is 674 g/mol. The highest BCUT2D eigenvalue weighted by Gasteiger charge is 2.52. The Morgan fingerprint density at radius 2 is 0.962 bits per heavy atom. The van der Waals surface area contributed by atoms with Crippen LogP contribution in [0.4, 0.5) is 17.1 Å². The summed E-state index contributed by atoms with van der Waals surface area (Å²) in [6.07, 6.45) is 0. The van der Waals surface area contributed by atoms with Gasteiger partial charge in [-0.1, -0.05) is 133 Å². The van der Waals surface area contributed by atoms with Crippen LogP contribution in [0.1, 0.15) is 22.3 Å². The second-order valence-electron chi connectivity index (χ2n) is 14.4. The summed E-state index contributed by atoms with van der Waals surface area (Å²) >= 11 is 0. The standard InChI is InChI=1S/C51H31NO/c1-2-16-34(17-3-1)52(35-26-27-49-41(30-35)39-21-10-13-25-48(39)53-49)47-31-46-50(40-22-7-6-20-38(40)47)42-28-32-14-4-5-15-33(32)29-45(42)51(46)43-23-11-8-18-36(43)37-19-9-12-24-44(37)51/h1-31H. The molecule has 0 atom stereocenters. The van der Waals surface area contributed by atoms with Gasteiger partial charge in [0.25, 0.3) is 0 Å². The summed E-state index contributed by atoms with van der Waals surface area (Å²) in [6, 6.07) is 69.2. The Kier molecular flexibility index (Phi) is 5.73. The van der Waals surface area contributed by atoms with E-state index in [2.05, 4.69) is 187 Å². The maximum Gasteiger partial charge on any atom is 0.135 e. The number of hydrogen-bond acceptors (Lipinski definition) is 2. The number of furan rings is 1. The molecule has 12 rings (SSSR count). The fourth-order valence-corrected chi connectivity index (χ4v) is 9.70. The van der Waals surface area contributed by atoms with Gasteiger partial charge < -0.3 is 9.32 Å². The van der Waals surface area contributed by atoms with Crippen molar-refractivity contribution in [1.82, 2.24) is 0 Å². The molecule has 0 fully saturated rings. The van der Waals surface area contributed by atoms with Gasteiger partial charge in [-0.2, -0.15) is 0 Å². The van der Waals surface area contributed by atoms with E-state index in [0.29, 0.717) is 0 Å². The number of benzene rings is 9. The van der Waals surface area contributed by atoms with Gasteiger partial charge in [-0.15, -0.1) is 0 Å². The number of rotatable bonds is 3. The highest BCUT2D eigenvalue weighted by Crippen LogP contribution is 2.65. The molecule has 1 heterocycles. The molecule has 0 amide bonds. The smallest absolute Gasteiger partial charge is 0.135 e. The molecule has 0 unspecified atom stereocenters. The highest BCUT2D eigenvalue weighted by atomic mass is 16.3. The van der Waals surface area contributed by atoms with Crippen molar-refractivity contribution in [3.63, 3.8) is 0 Å². The lowest BCUT2D eigenvalue weighted by Gasteiger charge is -2.33. The Hall–Kier alpha value is -6.90. The summed E-state index contributed by atoms with van der Waals surface area (Å²) in [5.74, 6) is 0. The van der Waals surface area contributed by atoms with Crippen LogP contribution >= 0.6 is 0 Å².